The summed E-state index contributed by atoms with van der Waals surface area (Å²) in [6.45, 7) is 7.73. The molecule has 3 nitrogen and oxygen atoms in total. The van der Waals surface area contributed by atoms with Gasteiger partial charge in [0.25, 0.3) is 0 Å². The van der Waals surface area contributed by atoms with Crippen LogP contribution < -0.4 is 5.32 Å². The Balaban J connectivity index is 1.58. The zero-order chi connectivity index (χ0) is 13.2. The van der Waals surface area contributed by atoms with E-state index in [0.717, 1.165) is 31.1 Å². The van der Waals surface area contributed by atoms with Crippen LogP contribution in [0.3, 0.4) is 0 Å². The van der Waals surface area contributed by atoms with Crippen LogP contribution in [0.15, 0.2) is 16.7 Å². The van der Waals surface area contributed by atoms with E-state index in [1.54, 1.807) is 0 Å². The Hall–Kier alpha value is -0.800. The molecule has 0 bridgehead atoms. The Kier molecular flexibility index (Phi) is 3.94. The van der Waals surface area contributed by atoms with Crippen LogP contribution in [0.5, 0.6) is 0 Å². The van der Waals surface area contributed by atoms with E-state index in [1.807, 2.05) is 6.26 Å². The van der Waals surface area contributed by atoms with E-state index in [1.165, 1.54) is 43.6 Å². The second-order valence-corrected chi connectivity index (χ2v) is 6.58. The molecule has 0 unspecified atom stereocenters. The monoisotopic (exact) mass is 262 g/mol. The molecule has 3 heteroatoms. The third kappa shape index (κ3) is 3.83. The van der Waals surface area contributed by atoms with Crippen molar-refractivity contribution >= 4 is 0 Å². The van der Waals surface area contributed by atoms with Crippen molar-refractivity contribution in [3.63, 3.8) is 0 Å². The van der Waals surface area contributed by atoms with Crippen molar-refractivity contribution in [2.24, 2.45) is 5.92 Å². The molecule has 2 saturated carbocycles. The predicted molar refractivity (Wildman–Crippen MR) is 76.8 cm³/mol. The fourth-order valence-corrected chi connectivity index (χ4v) is 2.64. The normalized spacial score (nSPS) is 19.6. The van der Waals surface area contributed by atoms with Crippen LogP contribution in [0.4, 0.5) is 0 Å². The molecule has 19 heavy (non-hydrogen) atoms. The van der Waals surface area contributed by atoms with Crippen LogP contribution >= 0.6 is 0 Å². The first-order valence-electron chi connectivity index (χ1n) is 7.75. The van der Waals surface area contributed by atoms with Crippen molar-refractivity contribution in [2.45, 2.75) is 64.7 Å². The van der Waals surface area contributed by atoms with Crippen LogP contribution in [-0.2, 0) is 13.1 Å². The molecule has 0 aromatic carbocycles. The van der Waals surface area contributed by atoms with E-state index < -0.39 is 0 Å². The summed E-state index contributed by atoms with van der Waals surface area (Å²) in [5.74, 6) is 1.89. The highest BCUT2D eigenvalue weighted by Crippen LogP contribution is 2.30. The molecule has 1 N–H and O–H groups in total. The molecule has 2 aliphatic rings. The van der Waals surface area contributed by atoms with E-state index in [4.69, 9.17) is 4.42 Å². The van der Waals surface area contributed by atoms with Crippen LogP contribution in [0.1, 0.15) is 50.9 Å². The Bertz CT molecular complexity index is 405. The van der Waals surface area contributed by atoms with Gasteiger partial charge in [0, 0.05) is 30.7 Å². The quantitative estimate of drug-likeness (QED) is 0.780. The Morgan fingerprint density at radius 2 is 2.11 bits per heavy atom. The van der Waals surface area contributed by atoms with Gasteiger partial charge in [-0.1, -0.05) is 13.8 Å². The number of rotatable bonds is 8. The topological polar surface area (TPSA) is 28.4 Å². The fraction of sp³-hybridized carbons (Fsp3) is 0.750. The summed E-state index contributed by atoms with van der Waals surface area (Å²) in [4.78, 5) is 2.60. The largest absolute Gasteiger partial charge is 0.468 e. The van der Waals surface area contributed by atoms with Gasteiger partial charge < -0.3 is 9.73 Å². The van der Waals surface area contributed by atoms with Crippen LogP contribution in [0.2, 0.25) is 0 Å². The van der Waals surface area contributed by atoms with Crippen LogP contribution in [0, 0.1) is 5.92 Å². The smallest absolute Gasteiger partial charge is 0.122 e. The van der Waals surface area contributed by atoms with Crippen molar-refractivity contribution in [2.75, 3.05) is 6.54 Å². The lowest BCUT2D eigenvalue weighted by Crippen LogP contribution is -2.30. The summed E-state index contributed by atoms with van der Waals surface area (Å²) < 4.78 is 5.73. The minimum atomic E-state index is 0.726. The maximum Gasteiger partial charge on any atom is 0.122 e. The van der Waals surface area contributed by atoms with Gasteiger partial charge in [-0.05, 0) is 37.7 Å². The van der Waals surface area contributed by atoms with E-state index in [9.17, 15) is 0 Å². The third-order valence-electron chi connectivity index (χ3n) is 4.01. The molecular formula is C16H26N2O. The van der Waals surface area contributed by atoms with Gasteiger partial charge in [-0.2, -0.15) is 0 Å². The first-order chi connectivity index (χ1) is 9.22. The number of hydrogen-bond donors (Lipinski definition) is 1. The molecule has 0 amide bonds. The fourth-order valence-electron chi connectivity index (χ4n) is 2.64. The Morgan fingerprint density at radius 3 is 2.74 bits per heavy atom. The molecule has 0 atom stereocenters. The Morgan fingerprint density at radius 1 is 1.32 bits per heavy atom. The molecule has 2 fully saturated rings. The first kappa shape index (κ1) is 13.2. The maximum atomic E-state index is 5.73. The number of nitrogens with zero attached hydrogens (tertiary/aromatic N) is 1. The average molecular weight is 262 g/mol. The number of furan rings is 1. The maximum absolute atomic E-state index is 5.73. The van der Waals surface area contributed by atoms with Gasteiger partial charge in [-0.25, -0.2) is 0 Å². The summed E-state index contributed by atoms with van der Waals surface area (Å²) in [5, 5.41) is 3.58. The molecule has 3 rings (SSSR count). The standard InChI is InChI=1S/C16H26N2O/c1-12(2)10-18(15-5-6-15)11-16-13(7-8-19-16)9-17-14-3-4-14/h7-8,12,14-15,17H,3-6,9-11H2,1-2H3. The van der Waals surface area contributed by atoms with Crippen molar-refractivity contribution in [1.82, 2.24) is 10.2 Å². The average Bonchev–Trinajstić information content (AvgIpc) is 3.26. The minimum absolute atomic E-state index is 0.726. The first-order valence-corrected chi connectivity index (χ1v) is 7.75. The lowest BCUT2D eigenvalue weighted by molar-refractivity contribution is 0.208. The van der Waals surface area contributed by atoms with Gasteiger partial charge >= 0.3 is 0 Å². The van der Waals surface area contributed by atoms with Crippen molar-refractivity contribution in [3.05, 3.63) is 23.7 Å². The Labute approximate surface area is 116 Å². The summed E-state index contributed by atoms with van der Waals surface area (Å²) in [7, 11) is 0. The highest BCUT2D eigenvalue weighted by atomic mass is 16.3. The lowest BCUT2D eigenvalue weighted by Gasteiger charge is -2.23. The molecular weight excluding hydrogens is 236 g/mol. The molecule has 0 aliphatic heterocycles. The van der Waals surface area contributed by atoms with E-state index in [0.29, 0.717) is 0 Å². The van der Waals surface area contributed by atoms with Gasteiger partial charge in [-0.15, -0.1) is 0 Å². The third-order valence-corrected chi connectivity index (χ3v) is 4.01. The summed E-state index contributed by atoms with van der Waals surface area (Å²) in [5.41, 5.74) is 1.35. The second-order valence-electron chi connectivity index (χ2n) is 6.58. The van der Waals surface area contributed by atoms with Gasteiger partial charge in [0.15, 0.2) is 0 Å². The van der Waals surface area contributed by atoms with E-state index in [-0.39, 0.29) is 0 Å². The van der Waals surface area contributed by atoms with Crippen molar-refractivity contribution in [1.29, 1.82) is 0 Å². The van der Waals surface area contributed by atoms with Crippen molar-refractivity contribution in [3.8, 4) is 0 Å². The second kappa shape index (κ2) is 5.68. The van der Waals surface area contributed by atoms with Gasteiger partial charge in [0.05, 0.1) is 12.8 Å². The number of hydrogen-bond acceptors (Lipinski definition) is 3. The molecule has 0 spiro atoms. The lowest BCUT2D eigenvalue weighted by atomic mass is 10.2. The van der Waals surface area contributed by atoms with Gasteiger partial charge in [0.2, 0.25) is 0 Å². The molecule has 0 saturated heterocycles. The molecule has 1 aromatic rings. The summed E-state index contributed by atoms with van der Waals surface area (Å²) in [6.07, 6.45) is 7.26. The zero-order valence-corrected chi connectivity index (χ0v) is 12.2. The zero-order valence-electron chi connectivity index (χ0n) is 12.2. The number of nitrogens with one attached hydrogen (secondary N) is 1. The van der Waals surface area contributed by atoms with E-state index in [2.05, 4.69) is 30.1 Å². The molecule has 2 aliphatic carbocycles. The molecule has 106 valence electrons. The van der Waals surface area contributed by atoms with Crippen LogP contribution in [-0.4, -0.2) is 23.5 Å². The minimum Gasteiger partial charge on any atom is -0.468 e. The van der Waals surface area contributed by atoms with E-state index >= 15 is 0 Å². The SMILES string of the molecule is CC(C)CN(Cc1occc1CNC1CC1)C1CC1. The summed E-state index contributed by atoms with van der Waals surface area (Å²) in [6, 6.07) is 3.69. The van der Waals surface area contributed by atoms with Gasteiger partial charge in [0.1, 0.15) is 5.76 Å². The van der Waals surface area contributed by atoms with Gasteiger partial charge in [-0.3, -0.25) is 4.90 Å². The predicted octanol–water partition coefficient (Wildman–Crippen LogP) is 3.15. The van der Waals surface area contributed by atoms with Crippen molar-refractivity contribution < 1.29 is 4.42 Å². The molecule has 0 radical (unpaired) electrons. The molecule has 1 aromatic heterocycles. The highest BCUT2D eigenvalue weighted by molar-refractivity contribution is 5.17. The van der Waals surface area contributed by atoms with Crippen LogP contribution in [0.25, 0.3) is 0 Å². The molecule has 1 heterocycles. The summed E-state index contributed by atoms with van der Waals surface area (Å²) >= 11 is 0. The highest BCUT2D eigenvalue weighted by Gasteiger charge is 2.30.